The van der Waals surface area contributed by atoms with Crippen molar-refractivity contribution < 1.29 is 4.74 Å². The molecule has 0 atom stereocenters. The molecule has 0 aromatic heterocycles. The summed E-state index contributed by atoms with van der Waals surface area (Å²) >= 11 is 0. The second-order valence-corrected chi connectivity index (χ2v) is 4.11. The Hall–Kier alpha value is -0.120. The molecule has 0 unspecified atom stereocenters. The molecule has 0 aliphatic rings. The fraction of sp³-hybridized carbons (Fsp3) is 1.00. The van der Waals surface area contributed by atoms with Crippen LogP contribution in [0.25, 0.3) is 0 Å². The summed E-state index contributed by atoms with van der Waals surface area (Å²) in [6, 6.07) is 0. The predicted molar refractivity (Wildman–Crippen MR) is 51.7 cm³/mol. The summed E-state index contributed by atoms with van der Waals surface area (Å²) in [7, 11) is 1.86. The maximum atomic E-state index is 5.74. The van der Waals surface area contributed by atoms with Crippen molar-refractivity contribution in [2.24, 2.45) is 5.84 Å². The van der Waals surface area contributed by atoms with Crippen LogP contribution in [0.3, 0.4) is 0 Å². The summed E-state index contributed by atoms with van der Waals surface area (Å²) in [6.07, 6.45) is 0. The van der Waals surface area contributed by atoms with Gasteiger partial charge in [-0.2, -0.15) is 0 Å². The van der Waals surface area contributed by atoms with E-state index in [4.69, 9.17) is 10.6 Å². The number of hydrogen-bond acceptors (Lipinski definition) is 3. The van der Waals surface area contributed by atoms with Crippen LogP contribution in [0.15, 0.2) is 0 Å². The van der Waals surface area contributed by atoms with E-state index >= 15 is 0 Å². The molecule has 2 N–H and O–H groups in total. The van der Waals surface area contributed by atoms with E-state index in [1.807, 2.05) is 14.0 Å². The van der Waals surface area contributed by atoms with Crippen molar-refractivity contribution in [1.29, 1.82) is 0 Å². The number of ether oxygens (including phenoxy) is 1. The lowest BCUT2D eigenvalue weighted by Crippen LogP contribution is -2.60. The second-order valence-electron chi connectivity index (χ2n) is 4.11. The van der Waals surface area contributed by atoms with Gasteiger partial charge in [-0.1, -0.05) is 0 Å². The lowest BCUT2D eigenvalue weighted by Gasteiger charge is -2.45. The molecule has 0 heterocycles. The molecular weight excluding hydrogens is 152 g/mol. The Morgan fingerprint density at radius 2 is 1.67 bits per heavy atom. The third-order valence-corrected chi connectivity index (χ3v) is 2.86. The zero-order valence-electron chi connectivity index (χ0n) is 9.14. The van der Waals surface area contributed by atoms with Crippen molar-refractivity contribution in [2.45, 2.75) is 45.8 Å². The minimum Gasteiger partial charge on any atom is -0.374 e. The van der Waals surface area contributed by atoms with E-state index in [1.165, 1.54) is 0 Å². The molecule has 12 heavy (non-hydrogen) atoms. The molecule has 0 aliphatic carbocycles. The smallest absolute Gasteiger partial charge is 0.0817 e. The van der Waals surface area contributed by atoms with E-state index in [1.54, 1.807) is 5.01 Å². The lowest BCUT2D eigenvalue weighted by molar-refractivity contribution is -0.109. The van der Waals surface area contributed by atoms with Crippen LogP contribution in [0, 0.1) is 0 Å². The molecule has 0 saturated heterocycles. The summed E-state index contributed by atoms with van der Waals surface area (Å²) in [4.78, 5) is 0. The molecule has 0 amide bonds. The molecule has 3 nitrogen and oxygen atoms in total. The molecular formula is C9H22N2O. The van der Waals surface area contributed by atoms with E-state index in [9.17, 15) is 0 Å². The van der Waals surface area contributed by atoms with Gasteiger partial charge in [-0.05, 0) is 34.6 Å². The molecule has 0 rings (SSSR count). The van der Waals surface area contributed by atoms with Crippen LogP contribution in [0.5, 0.6) is 0 Å². The number of hydrazine groups is 1. The molecule has 0 radical (unpaired) electrons. The Kier molecular flexibility index (Phi) is 3.69. The highest BCUT2D eigenvalue weighted by molar-refractivity contribution is 4.94. The maximum absolute atomic E-state index is 5.74. The first-order valence-electron chi connectivity index (χ1n) is 4.38. The van der Waals surface area contributed by atoms with E-state index in [-0.39, 0.29) is 11.1 Å². The number of nitrogens with two attached hydrogens (primary N) is 1. The first kappa shape index (κ1) is 11.9. The van der Waals surface area contributed by atoms with Gasteiger partial charge in [-0.25, -0.2) is 5.01 Å². The zero-order valence-corrected chi connectivity index (χ0v) is 9.14. The number of rotatable bonds is 4. The molecule has 0 fully saturated rings. The van der Waals surface area contributed by atoms with E-state index in [2.05, 4.69) is 27.7 Å². The highest BCUT2D eigenvalue weighted by Gasteiger charge is 2.39. The highest BCUT2D eigenvalue weighted by atomic mass is 16.5. The molecule has 3 heteroatoms. The highest BCUT2D eigenvalue weighted by Crippen LogP contribution is 2.28. The number of likely N-dealkylation sites (N-methyl/N-ethyl adjacent to an activating group) is 1. The molecule has 0 aliphatic heterocycles. The fourth-order valence-corrected chi connectivity index (χ4v) is 0.962. The molecule has 74 valence electrons. The molecule has 0 aromatic rings. The van der Waals surface area contributed by atoms with Gasteiger partial charge in [0.15, 0.2) is 0 Å². The average molecular weight is 174 g/mol. The van der Waals surface area contributed by atoms with Crippen LogP contribution in [0.1, 0.15) is 34.6 Å². The van der Waals surface area contributed by atoms with E-state index < -0.39 is 0 Å². The first-order chi connectivity index (χ1) is 5.25. The third-order valence-electron chi connectivity index (χ3n) is 2.86. The fourth-order valence-electron chi connectivity index (χ4n) is 0.962. The van der Waals surface area contributed by atoms with Crippen molar-refractivity contribution in [3.63, 3.8) is 0 Å². The zero-order chi connectivity index (χ0) is 9.99. The summed E-state index contributed by atoms with van der Waals surface area (Å²) in [5.41, 5.74) is -0.395. The largest absolute Gasteiger partial charge is 0.374 e. The van der Waals surface area contributed by atoms with Crippen molar-refractivity contribution in [3.8, 4) is 0 Å². The maximum Gasteiger partial charge on any atom is 0.0817 e. The van der Waals surface area contributed by atoms with Crippen molar-refractivity contribution in [3.05, 3.63) is 0 Å². The molecule has 0 saturated carbocycles. The van der Waals surface area contributed by atoms with E-state index in [0.717, 1.165) is 0 Å². The van der Waals surface area contributed by atoms with Crippen LogP contribution in [0.2, 0.25) is 0 Å². The Labute approximate surface area is 75.8 Å². The number of hydrogen-bond donors (Lipinski definition) is 1. The minimum atomic E-state index is -0.231. The monoisotopic (exact) mass is 174 g/mol. The van der Waals surface area contributed by atoms with Gasteiger partial charge in [0.1, 0.15) is 0 Å². The van der Waals surface area contributed by atoms with Gasteiger partial charge in [0.2, 0.25) is 0 Å². The molecule has 0 aromatic carbocycles. The Balaban J connectivity index is 4.50. The Morgan fingerprint density at radius 3 is 1.92 bits per heavy atom. The van der Waals surface area contributed by atoms with Crippen LogP contribution < -0.4 is 5.84 Å². The molecule has 0 spiro atoms. The SMILES string of the molecule is CCOC(C)(C)C(C)(C)N(C)N. The second kappa shape index (κ2) is 3.73. The van der Waals surface area contributed by atoms with Gasteiger partial charge in [0.25, 0.3) is 0 Å². The van der Waals surface area contributed by atoms with Crippen LogP contribution in [-0.2, 0) is 4.74 Å². The third kappa shape index (κ3) is 2.19. The summed E-state index contributed by atoms with van der Waals surface area (Å²) in [5, 5.41) is 1.70. The summed E-state index contributed by atoms with van der Waals surface area (Å²) < 4.78 is 5.63. The number of nitrogens with zero attached hydrogens (tertiary/aromatic N) is 1. The Morgan fingerprint density at radius 1 is 1.25 bits per heavy atom. The van der Waals surface area contributed by atoms with Crippen LogP contribution in [-0.4, -0.2) is 29.8 Å². The molecule has 0 bridgehead atoms. The van der Waals surface area contributed by atoms with Crippen LogP contribution in [0.4, 0.5) is 0 Å². The lowest BCUT2D eigenvalue weighted by atomic mass is 9.85. The quantitative estimate of drug-likeness (QED) is 0.517. The van der Waals surface area contributed by atoms with Gasteiger partial charge in [0, 0.05) is 13.7 Å². The van der Waals surface area contributed by atoms with Crippen molar-refractivity contribution >= 4 is 0 Å². The summed E-state index contributed by atoms with van der Waals surface area (Å²) in [6.45, 7) is 11.0. The Bertz CT molecular complexity index is 141. The first-order valence-corrected chi connectivity index (χ1v) is 4.38. The standard InChI is InChI=1S/C9H22N2O/c1-7-12-9(4,5)8(2,3)11(6)10/h7,10H2,1-6H3. The van der Waals surface area contributed by atoms with Crippen molar-refractivity contribution in [1.82, 2.24) is 5.01 Å². The average Bonchev–Trinajstić information content (AvgIpc) is 1.86. The topological polar surface area (TPSA) is 38.5 Å². The van der Waals surface area contributed by atoms with Gasteiger partial charge in [0.05, 0.1) is 11.1 Å². The van der Waals surface area contributed by atoms with Gasteiger partial charge < -0.3 is 4.74 Å². The van der Waals surface area contributed by atoms with Gasteiger partial charge in [-0.15, -0.1) is 0 Å². The normalized spacial score (nSPS) is 14.0. The van der Waals surface area contributed by atoms with Gasteiger partial charge in [-0.3, -0.25) is 5.84 Å². The van der Waals surface area contributed by atoms with E-state index in [0.29, 0.717) is 6.61 Å². The van der Waals surface area contributed by atoms with Crippen LogP contribution >= 0.6 is 0 Å². The van der Waals surface area contributed by atoms with Gasteiger partial charge >= 0.3 is 0 Å². The summed E-state index contributed by atoms with van der Waals surface area (Å²) in [5.74, 6) is 5.74. The minimum absolute atomic E-state index is 0.164. The predicted octanol–water partition coefficient (Wildman–Crippen LogP) is 1.39. The van der Waals surface area contributed by atoms with Crippen molar-refractivity contribution in [2.75, 3.05) is 13.7 Å².